The van der Waals surface area contributed by atoms with E-state index in [9.17, 15) is 19.8 Å². The summed E-state index contributed by atoms with van der Waals surface area (Å²) < 4.78 is 2.89. The zero-order chi connectivity index (χ0) is 34.1. The molecule has 7 nitrogen and oxygen atoms in total. The molecule has 3 N–H and O–H groups in total. The van der Waals surface area contributed by atoms with E-state index >= 15 is 0 Å². The van der Waals surface area contributed by atoms with Gasteiger partial charge in [0.25, 0.3) is 0 Å². The van der Waals surface area contributed by atoms with Crippen molar-refractivity contribution in [1.29, 1.82) is 0 Å². The lowest BCUT2D eigenvalue weighted by Gasteiger charge is -2.23. The molecule has 0 saturated heterocycles. The zero-order valence-electron chi connectivity index (χ0n) is 27.2. The molecular formula is C39H35N3O4S3. The number of thiophene rings is 3. The quantitative estimate of drug-likeness (QED) is 0.116. The summed E-state index contributed by atoms with van der Waals surface area (Å²) in [5.74, 6) is -2.16. The number of aromatic carboxylic acids is 1. The number of carboxylic acids is 2. The molecule has 5 aromatic heterocycles. The lowest BCUT2D eigenvalue weighted by atomic mass is 9.95. The van der Waals surface area contributed by atoms with E-state index < -0.39 is 18.0 Å². The van der Waals surface area contributed by atoms with Crippen LogP contribution < -0.4 is 5.32 Å². The van der Waals surface area contributed by atoms with Crippen LogP contribution in [0.25, 0.3) is 46.1 Å². The third-order valence-corrected chi connectivity index (χ3v) is 12.4. The summed E-state index contributed by atoms with van der Waals surface area (Å²) in [6, 6.07) is 15.2. The van der Waals surface area contributed by atoms with Crippen molar-refractivity contribution in [3.8, 4) is 20.2 Å². The fraction of sp³-hybridized carbons (Fsp3) is 0.231. The van der Waals surface area contributed by atoms with Crippen LogP contribution in [0.2, 0.25) is 0 Å². The minimum Gasteiger partial charge on any atom is -0.478 e. The van der Waals surface area contributed by atoms with E-state index in [2.05, 4.69) is 58.8 Å². The predicted octanol–water partition coefficient (Wildman–Crippen LogP) is 10.4. The number of aryl methyl sites for hydroxylation is 2. The molecule has 0 radical (unpaired) electrons. The van der Waals surface area contributed by atoms with E-state index in [-0.39, 0.29) is 11.1 Å². The Kier molecular flexibility index (Phi) is 9.44. The number of hydrogen-bond donors (Lipinski definition) is 3. The number of unbranched alkanes of at least 4 members (excludes halogenated alkanes) is 2. The first-order valence-electron chi connectivity index (χ1n) is 16.5. The Morgan fingerprint density at radius 3 is 2.35 bits per heavy atom. The maximum Gasteiger partial charge on any atom is 0.335 e. The molecule has 10 heteroatoms. The molecule has 0 fully saturated rings. The van der Waals surface area contributed by atoms with E-state index in [0.717, 1.165) is 23.3 Å². The van der Waals surface area contributed by atoms with Crippen LogP contribution in [0, 0.1) is 0 Å². The second kappa shape index (κ2) is 14.1. The van der Waals surface area contributed by atoms with Gasteiger partial charge in [0.15, 0.2) is 0 Å². The smallest absolute Gasteiger partial charge is 0.335 e. The number of rotatable bonds is 12. The molecule has 1 aliphatic rings. The normalized spacial score (nSPS) is 14.5. The summed E-state index contributed by atoms with van der Waals surface area (Å²) in [7, 11) is 0. The highest BCUT2D eigenvalue weighted by molar-refractivity contribution is 7.27. The second-order valence-electron chi connectivity index (χ2n) is 12.2. The predicted molar refractivity (Wildman–Crippen MR) is 202 cm³/mol. The van der Waals surface area contributed by atoms with Gasteiger partial charge in [0.2, 0.25) is 0 Å². The highest BCUT2D eigenvalue weighted by atomic mass is 32.1. The summed E-state index contributed by atoms with van der Waals surface area (Å²) in [6.07, 6.45) is 13.1. The van der Waals surface area contributed by atoms with Gasteiger partial charge in [-0.2, -0.15) is 0 Å². The fourth-order valence-electron chi connectivity index (χ4n) is 6.38. The van der Waals surface area contributed by atoms with Gasteiger partial charge < -0.3 is 15.5 Å². The Morgan fingerprint density at radius 1 is 0.796 bits per heavy atom. The van der Waals surface area contributed by atoms with Gasteiger partial charge >= 0.3 is 11.9 Å². The summed E-state index contributed by atoms with van der Waals surface area (Å²) in [4.78, 5) is 36.2. The van der Waals surface area contributed by atoms with Crippen LogP contribution in [-0.2, 0) is 17.6 Å². The Hall–Kier alpha value is -4.64. The first-order valence-corrected chi connectivity index (χ1v) is 19.0. The first kappa shape index (κ1) is 32.9. The lowest BCUT2D eigenvalue weighted by Crippen LogP contribution is -2.25. The lowest BCUT2D eigenvalue weighted by molar-refractivity contribution is -0.132. The van der Waals surface area contributed by atoms with Crippen molar-refractivity contribution in [3.05, 3.63) is 112 Å². The minimum atomic E-state index is -1.09. The van der Waals surface area contributed by atoms with Crippen molar-refractivity contribution >= 4 is 71.8 Å². The largest absolute Gasteiger partial charge is 0.478 e. The summed E-state index contributed by atoms with van der Waals surface area (Å²) in [5, 5.41) is 27.8. The van der Waals surface area contributed by atoms with Gasteiger partial charge in [0.05, 0.1) is 34.3 Å². The van der Waals surface area contributed by atoms with E-state index in [4.69, 9.17) is 0 Å². The minimum absolute atomic E-state index is 0.0770. The molecule has 0 bridgehead atoms. The van der Waals surface area contributed by atoms with Gasteiger partial charge in [-0.05, 0) is 119 Å². The number of aromatic nitrogens is 2. The molecule has 6 heterocycles. The number of hydrogen-bond acceptors (Lipinski definition) is 8. The monoisotopic (exact) mass is 705 g/mol. The summed E-state index contributed by atoms with van der Waals surface area (Å²) in [5.41, 5.74) is 5.63. The summed E-state index contributed by atoms with van der Waals surface area (Å²) >= 11 is 5.54. The van der Waals surface area contributed by atoms with Gasteiger partial charge in [-0.25, -0.2) is 9.59 Å². The number of dihydropyridines is 1. The third kappa shape index (κ3) is 6.56. The maximum atomic E-state index is 12.1. The Labute approximate surface area is 296 Å². The molecule has 1 aliphatic heterocycles. The molecule has 7 rings (SSSR count). The van der Waals surface area contributed by atoms with Gasteiger partial charge in [-0.1, -0.05) is 26.7 Å². The van der Waals surface area contributed by atoms with E-state index in [1.54, 1.807) is 23.6 Å². The summed E-state index contributed by atoms with van der Waals surface area (Å²) in [6.45, 7) is 4.51. The van der Waals surface area contributed by atoms with Crippen LogP contribution in [0.4, 0.5) is 0 Å². The van der Waals surface area contributed by atoms with Crippen LogP contribution in [0.3, 0.4) is 0 Å². The average molecular weight is 706 g/mol. The van der Waals surface area contributed by atoms with Crippen molar-refractivity contribution in [2.24, 2.45) is 0 Å². The van der Waals surface area contributed by atoms with E-state index in [1.165, 1.54) is 91.1 Å². The highest BCUT2D eigenvalue weighted by Crippen LogP contribution is 2.46. The molecule has 0 amide bonds. The second-order valence-corrected chi connectivity index (χ2v) is 15.2. The fourth-order valence-corrected chi connectivity index (χ4v) is 9.79. The number of nitrogens with one attached hydrogen (secondary N) is 1. The number of nitrogens with zero attached hydrogens (tertiary/aromatic N) is 2. The molecule has 0 spiro atoms. The van der Waals surface area contributed by atoms with E-state index in [1.807, 2.05) is 34.8 Å². The molecule has 248 valence electrons. The zero-order valence-corrected chi connectivity index (χ0v) is 29.6. The molecule has 0 saturated carbocycles. The molecule has 6 aromatic rings. The maximum absolute atomic E-state index is 12.1. The SMILES string of the molecule is CCCCc1c2ccsc2c(CCCC)c2sc(-c3ccc(-c4ccnc(C5=CC(C(=O)O)=CC(c6cc(C(=O)O)ccn6)N5)c4)s3)cc12. The Morgan fingerprint density at radius 2 is 1.57 bits per heavy atom. The molecule has 1 unspecified atom stereocenters. The van der Waals surface area contributed by atoms with Crippen molar-refractivity contribution < 1.29 is 19.8 Å². The molecule has 1 aromatic carbocycles. The number of pyridine rings is 2. The molecule has 49 heavy (non-hydrogen) atoms. The topological polar surface area (TPSA) is 112 Å². The molecular weight excluding hydrogens is 671 g/mol. The van der Waals surface area contributed by atoms with Crippen molar-refractivity contribution in [3.63, 3.8) is 0 Å². The average Bonchev–Trinajstić information content (AvgIpc) is 3.90. The van der Waals surface area contributed by atoms with Crippen molar-refractivity contribution in [2.45, 2.75) is 58.4 Å². The third-order valence-electron chi connectivity index (χ3n) is 8.88. The van der Waals surface area contributed by atoms with E-state index in [0.29, 0.717) is 17.1 Å². The molecule has 0 aliphatic carbocycles. The van der Waals surface area contributed by atoms with Gasteiger partial charge in [0.1, 0.15) is 0 Å². The number of fused-ring (bicyclic) bond motifs is 2. The van der Waals surface area contributed by atoms with Crippen LogP contribution >= 0.6 is 34.0 Å². The molecule has 1 atom stereocenters. The Balaban J connectivity index is 1.23. The van der Waals surface area contributed by atoms with Gasteiger partial charge in [-0.3, -0.25) is 9.97 Å². The van der Waals surface area contributed by atoms with Crippen LogP contribution in [0.15, 0.2) is 84.0 Å². The van der Waals surface area contributed by atoms with Crippen molar-refractivity contribution in [1.82, 2.24) is 15.3 Å². The van der Waals surface area contributed by atoms with Crippen LogP contribution in [0.1, 0.15) is 78.4 Å². The van der Waals surface area contributed by atoms with Gasteiger partial charge in [0, 0.05) is 36.4 Å². The van der Waals surface area contributed by atoms with Gasteiger partial charge in [-0.15, -0.1) is 34.0 Å². The van der Waals surface area contributed by atoms with Crippen LogP contribution in [-0.4, -0.2) is 32.1 Å². The van der Waals surface area contributed by atoms with Crippen molar-refractivity contribution in [2.75, 3.05) is 0 Å². The highest BCUT2D eigenvalue weighted by Gasteiger charge is 2.24. The standard InChI is InChI=1S/C39H35N3O4S3/c1-3-5-7-25-26-13-16-47-36(26)27(8-6-4-2)37-28(25)21-35(49-37)34-10-9-33(48-34)22-11-14-40-29(17-22)31-19-24(39(45)46)20-32(42-31)30-18-23(38(43)44)12-15-41-30/h9-21,32,42H,3-8H2,1-2H3,(H,43,44)(H,45,46). The number of carboxylic acid groups (broad SMARTS) is 2. The number of benzene rings is 1. The number of aliphatic carboxylic acids is 1. The van der Waals surface area contributed by atoms with Crippen LogP contribution in [0.5, 0.6) is 0 Å². The first-order chi connectivity index (χ1) is 23.8. The Bertz CT molecular complexity index is 2220. The number of carbonyl (C=O) groups is 2.